The number of hydrogen-bond donors (Lipinski definition) is 6. The molecule has 1 aliphatic rings. The number of fused-ring (bicyclic) bond motifs is 3. The molecule has 0 aliphatic heterocycles. The van der Waals surface area contributed by atoms with E-state index in [-0.39, 0.29) is 82.1 Å². The van der Waals surface area contributed by atoms with E-state index in [0.717, 1.165) is 11.1 Å². The van der Waals surface area contributed by atoms with Crippen LogP contribution in [0.3, 0.4) is 0 Å². The number of urea groups is 1. The number of benzene rings is 4. The first kappa shape index (κ1) is 62.1. The third kappa shape index (κ3) is 23.0. The molecule has 0 fully saturated rings. The second kappa shape index (κ2) is 34.9. The molecule has 428 valence electrons. The van der Waals surface area contributed by atoms with Gasteiger partial charge in [0.15, 0.2) is 0 Å². The van der Waals surface area contributed by atoms with Gasteiger partial charge in [0.05, 0.1) is 84.2 Å². The van der Waals surface area contributed by atoms with Gasteiger partial charge in [-0.2, -0.15) is 0 Å². The number of rotatable bonds is 37. The van der Waals surface area contributed by atoms with Crippen LogP contribution < -0.4 is 37.1 Å². The monoisotopic (exact) mass is 1100 g/mol. The molecule has 0 saturated heterocycles. The van der Waals surface area contributed by atoms with Crippen molar-refractivity contribution in [2.45, 2.75) is 57.7 Å². The Morgan fingerprint density at radius 1 is 0.620 bits per heavy atom. The smallest absolute Gasteiger partial charge is 0.449 e. The second-order valence-corrected chi connectivity index (χ2v) is 18.0. The van der Waals surface area contributed by atoms with Crippen molar-refractivity contribution in [2.24, 2.45) is 11.7 Å². The van der Waals surface area contributed by atoms with Gasteiger partial charge in [-0.05, 0) is 70.8 Å². The first-order chi connectivity index (χ1) is 38.3. The van der Waals surface area contributed by atoms with Crippen LogP contribution in [0, 0.1) is 16.0 Å². The zero-order chi connectivity index (χ0) is 56.6. The van der Waals surface area contributed by atoms with Gasteiger partial charge in [-0.15, -0.1) is 0 Å². The third-order valence-electron chi connectivity index (χ3n) is 11.9. The highest BCUT2D eigenvalue weighted by molar-refractivity contribution is 5.98. The minimum Gasteiger partial charge on any atom is -0.449 e. The molecule has 24 heteroatoms. The molecule has 7 N–H and O–H groups in total. The van der Waals surface area contributed by atoms with Gasteiger partial charge < -0.3 is 74.9 Å². The third-order valence-corrected chi connectivity index (χ3v) is 11.9. The van der Waals surface area contributed by atoms with Crippen molar-refractivity contribution in [1.29, 1.82) is 0 Å². The summed E-state index contributed by atoms with van der Waals surface area (Å²) in [6.45, 7) is 7.89. The van der Waals surface area contributed by atoms with Crippen LogP contribution >= 0.6 is 0 Å². The maximum absolute atomic E-state index is 13.5. The van der Waals surface area contributed by atoms with Gasteiger partial charge in [0.25, 0.3) is 5.69 Å². The fourth-order valence-corrected chi connectivity index (χ4v) is 7.89. The molecule has 0 bridgehead atoms. The summed E-state index contributed by atoms with van der Waals surface area (Å²) in [5.41, 5.74) is 10.6. The number of primary amides is 1. The summed E-state index contributed by atoms with van der Waals surface area (Å²) in [5.74, 6) is -1.89. The molecule has 1 aliphatic carbocycles. The first-order valence-electron chi connectivity index (χ1n) is 26.0. The average Bonchev–Trinajstić information content (AvgIpc) is 3.95. The van der Waals surface area contributed by atoms with Crippen molar-refractivity contribution in [3.05, 3.63) is 124 Å². The number of anilines is 1. The first-order valence-corrected chi connectivity index (χ1v) is 26.0. The van der Waals surface area contributed by atoms with E-state index in [1.54, 1.807) is 38.1 Å². The van der Waals surface area contributed by atoms with Crippen molar-refractivity contribution in [3.8, 4) is 16.9 Å². The Kier molecular flexibility index (Phi) is 27.4. The van der Waals surface area contributed by atoms with E-state index < -0.39 is 53.0 Å². The fourth-order valence-electron chi connectivity index (χ4n) is 7.89. The van der Waals surface area contributed by atoms with Crippen LogP contribution in [-0.2, 0) is 58.9 Å². The molecule has 4 aromatic rings. The van der Waals surface area contributed by atoms with Crippen LogP contribution in [0.4, 0.5) is 25.8 Å². The Morgan fingerprint density at radius 2 is 1.16 bits per heavy atom. The molecule has 0 aromatic heterocycles. The Hall–Kier alpha value is -7.74. The predicted octanol–water partition coefficient (Wildman–Crippen LogP) is 5.35. The number of nitrogens with two attached hydrogens (primary N) is 1. The van der Waals surface area contributed by atoms with Gasteiger partial charge in [-0.1, -0.05) is 74.5 Å². The maximum Gasteiger partial charge on any atom is 0.514 e. The second-order valence-electron chi connectivity index (χ2n) is 18.0. The average molecular weight is 1100 g/mol. The Morgan fingerprint density at radius 3 is 1.71 bits per heavy atom. The van der Waals surface area contributed by atoms with E-state index in [0.29, 0.717) is 77.3 Å². The van der Waals surface area contributed by atoms with E-state index in [1.807, 2.05) is 24.3 Å². The summed E-state index contributed by atoms with van der Waals surface area (Å²) < 4.78 is 48.9. The lowest BCUT2D eigenvalue weighted by molar-refractivity contribution is -0.384. The normalized spacial score (nSPS) is 12.3. The van der Waals surface area contributed by atoms with Crippen molar-refractivity contribution < 1.29 is 76.3 Å². The highest BCUT2D eigenvalue weighted by atomic mass is 16.7. The SMILES string of the molecule is CC(C)[C@H](NC(=O)CCOCCOCCOCCOCCOCCOCCNC(=O)OCC1c2ccccc2-c2ccccc21)C(=O)N[C@@H](CCCNC(N)=O)C(=O)Nc1ccc(COC(=O)Oc2ccc([N+](=O)[O-])cc2)cc1. The molecule has 0 radical (unpaired) electrons. The lowest BCUT2D eigenvalue weighted by Crippen LogP contribution is -2.54. The zero-order valence-electron chi connectivity index (χ0n) is 44.4. The number of carbonyl (C=O) groups is 6. The number of nitro benzene ring substituents is 1. The summed E-state index contributed by atoms with van der Waals surface area (Å²) >= 11 is 0. The predicted molar refractivity (Wildman–Crippen MR) is 287 cm³/mol. The minimum absolute atomic E-state index is 0.000540. The number of ether oxygens (including phenoxy) is 9. The number of carbonyl (C=O) groups excluding carboxylic acids is 6. The van der Waals surface area contributed by atoms with Crippen molar-refractivity contribution >= 4 is 47.4 Å². The largest absolute Gasteiger partial charge is 0.514 e. The molecule has 4 aromatic carbocycles. The fraction of sp³-hybridized carbons (Fsp3) is 0.455. The van der Waals surface area contributed by atoms with Gasteiger partial charge in [0.2, 0.25) is 17.7 Å². The maximum atomic E-state index is 13.5. The molecule has 0 heterocycles. The van der Waals surface area contributed by atoms with Gasteiger partial charge in [0, 0.05) is 43.2 Å². The van der Waals surface area contributed by atoms with Gasteiger partial charge in [0.1, 0.15) is 31.0 Å². The standard InChI is InChI=1S/C55H71N7O17/c1-38(2)50(52(65)60-48(12-7-22-57-53(56)66)51(64)59-40-15-13-39(14-16-40)36-78-55(68)79-42-19-17-41(18-20-42)62(69)70)61-49(63)21-24-71-26-28-73-30-32-75-34-35-76-33-31-74-29-27-72-25-23-58-54(67)77-37-47-45-10-5-3-8-43(45)44-9-4-6-11-46(44)47/h3-6,8-11,13-20,38,47-48,50H,7,12,21-37H2,1-2H3,(H,58,67)(H,59,64)(H,60,65)(H,61,63)(H3,56,57,66)/t48-,50-/m0/s1. The van der Waals surface area contributed by atoms with Gasteiger partial charge in [-0.3, -0.25) is 24.5 Å². The lowest BCUT2D eigenvalue weighted by Gasteiger charge is -2.25. The van der Waals surface area contributed by atoms with Crippen LogP contribution in [0.2, 0.25) is 0 Å². The van der Waals surface area contributed by atoms with Gasteiger partial charge in [-0.25, -0.2) is 14.4 Å². The molecule has 24 nitrogen and oxygen atoms in total. The van der Waals surface area contributed by atoms with E-state index in [1.165, 1.54) is 35.4 Å². The minimum atomic E-state index is -1.07. The van der Waals surface area contributed by atoms with Crippen molar-refractivity contribution in [3.63, 3.8) is 0 Å². The number of nitrogens with one attached hydrogen (secondary N) is 5. The Labute approximate surface area is 458 Å². The summed E-state index contributed by atoms with van der Waals surface area (Å²) in [4.78, 5) is 85.9. The van der Waals surface area contributed by atoms with Crippen LogP contribution in [-0.4, -0.2) is 152 Å². The van der Waals surface area contributed by atoms with E-state index >= 15 is 0 Å². The van der Waals surface area contributed by atoms with Crippen LogP contribution in [0.25, 0.3) is 11.1 Å². The molecular formula is C55H71N7O17. The number of amides is 6. The molecule has 0 spiro atoms. The highest BCUT2D eigenvalue weighted by Gasteiger charge is 2.30. The van der Waals surface area contributed by atoms with E-state index in [9.17, 15) is 38.9 Å². The summed E-state index contributed by atoms with van der Waals surface area (Å²) in [6.07, 6.45) is -1.16. The summed E-state index contributed by atoms with van der Waals surface area (Å²) in [5, 5.41) is 24.2. The molecular weight excluding hydrogens is 1030 g/mol. The van der Waals surface area contributed by atoms with Crippen LogP contribution in [0.5, 0.6) is 5.75 Å². The Balaban J connectivity index is 0.843. The molecule has 0 saturated carbocycles. The van der Waals surface area contributed by atoms with Crippen LogP contribution in [0.1, 0.15) is 55.7 Å². The number of nitrogens with zero attached hydrogens (tertiary/aromatic N) is 1. The summed E-state index contributed by atoms with van der Waals surface area (Å²) in [6, 6.07) is 24.8. The van der Waals surface area contributed by atoms with Crippen molar-refractivity contribution in [2.75, 3.05) is 104 Å². The van der Waals surface area contributed by atoms with E-state index in [2.05, 4.69) is 50.8 Å². The van der Waals surface area contributed by atoms with E-state index in [4.69, 9.17) is 48.4 Å². The molecule has 2 atom stereocenters. The lowest BCUT2D eigenvalue weighted by atomic mass is 9.98. The quantitative estimate of drug-likeness (QED) is 0.0109. The number of nitro groups is 1. The highest BCUT2D eigenvalue weighted by Crippen LogP contribution is 2.44. The van der Waals surface area contributed by atoms with Crippen molar-refractivity contribution in [1.82, 2.24) is 21.3 Å². The molecule has 6 amide bonds. The van der Waals surface area contributed by atoms with Gasteiger partial charge >= 0.3 is 18.3 Å². The molecule has 0 unspecified atom stereocenters. The number of non-ortho nitro benzene ring substituents is 1. The topological polar surface area (TPSA) is 315 Å². The summed E-state index contributed by atoms with van der Waals surface area (Å²) in [7, 11) is 0. The van der Waals surface area contributed by atoms with Crippen LogP contribution in [0.15, 0.2) is 97.1 Å². The molecule has 79 heavy (non-hydrogen) atoms. The Bertz CT molecular complexity index is 2510. The number of alkyl carbamates (subject to hydrolysis) is 1. The molecule has 5 rings (SSSR count). The zero-order valence-corrected chi connectivity index (χ0v) is 44.4. The number of hydrogen-bond acceptors (Lipinski definition) is 17.